The summed E-state index contributed by atoms with van der Waals surface area (Å²) in [5, 5.41) is 0.835. The normalized spacial score (nSPS) is 12.7. The van der Waals surface area contributed by atoms with Crippen LogP contribution in [0.4, 0.5) is 0 Å². The van der Waals surface area contributed by atoms with Gasteiger partial charge in [-0.15, -0.1) is 0 Å². The van der Waals surface area contributed by atoms with Crippen LogP contribution in [-0.2, 0) is 19.2 Å². The van der Waals surface area contributed by atoms with E-state index in [-0.39, 0.29) is 12.7 Å². The molecule has 1 rings (SSSR count). The molecule has 0 aromatic heterocycles. The second kappa shape index (κ2) is 11.6. The molecule has 0 radical (unpaired) electrons. The molecule has 8 heteroatoms. The molecule has 0 amide bonds. The van der Waals surface area contributed by atoms with Crippen molar-refractivity contribution < 1.29 is 23.9 Å². The zero-order valence-electron chi connectivity index (χ0n) is 14.8. The number of benzene rings is 1. The molecule has 1 atom stereocenters. The maximum Gasteiger partial charge on any atom is 0.349 e. The molecule has 0 saturated carbocycles. The Morgan fingerprint density at radius 3 is 2.50 bits per heavy atom. The van der Waals surface area contributed by atoms with Gasteiger partial charge in [0.1, 0.15) is 11.9 Å². The number of halogens is 2. The zero-order valence-corrected chi connectivity index (χ0v) is 16.3. The molecule has 142 valence electrons. The van der Waals surface area contributed by atoms with E-state index in [1.807, 2.05) is 19.9 Å². The Labute approximate surface area is 162 Å². The van der Waals surface area contributed by atoms with Crippen LogP contribution >= 0.6 is 23.2 Å². The molecule has 0 heterocycles. The monoisotopic (exact) mass is 401 g/mol. The molecule has 1 aromatic carbocycles. The predicted octanol–water partition coefficient (Wildman–Crippen LogP) is 3.87. The van der Waals surface area contributed by atoms with Gasteiger partial charge >= 0.3 is 11.9 Å². The van der Waals surface area contributed by atoms with Crippen molar-refractivity contribution in [1.29, 1.82) is 0 Å². The van der Waals surface area contributed by atoms with Crippen molar-refractivity contribution >= 4 is 35.1 Å². The van der Waals surface area contributed by atoms with Crippen LogP contribution in [0, 0.1) is 0 Å². The van der Waals surface area contributed by atoms with Crippen LogP contribution in [0.1, 0.15) is 20.3 Å². The number of nitrogens with one attached hydrogen (secondary N) is 1. The van der Waals surface area contributed by atoms with Gasteiger partial charge in [-0.1, -0.05) is 29.3 Å². The fraction of sp³-hybridized carbons (Fsp3) is 0.333. The third-order valence-electron chi connectivity index (χ3n) is 3.32. The van der Waals surface area contributed by atoms with Gasteiger partial charge in [0.15, 0.2) is 0 Å². The van der Waals surface area contributed by atoms with Gasteiger partial charge in [-0.3, -0.25) is 0 Å². The molecule has 0 bridgehead atoms. The van der Waals surface area contributed by atoms with E-state index in [4.69, 9.17) is 32.7 Å². The zero-order chi connectivity index (χ0) is 19.5. The Morgan fingerprint density at radius 1 is 1.19 bits per heavy atom. The summed E-state index contributed by atoms with van der Waals surface area (Å²) in [7, 11) is 1.43. The number of esters is 1. The molecule has 0 saturated heterocycles. The Bertz CT molecular complexity index is 688. The summed E-state index contributed by atoms with van der Waals surface area (Å²) >= 11 is 11.9. The van der Waals surface area contributed by atoms with Crippen LogP contribution < -0.4 is 10.2 Å². The van der Waals surface area contributed by atoms with Crippen LogP contribution in [0.15, 0.2) is 42.0 Å². The summed E-state index contributed by atoms with van der Waals surface area (Å²) in [5.41, 5.74) is 3.18. The smallest absolute Gasteiger partial charge is 0.349 e. The quantitative estimate of drug-likeness (QED) is 0.293. The fourth-order valence-electron chi connectivity index (χ4n) is 1.87. The Kier molecular flexibility index (Phi) is 9.80. The molecule has 0 aliphatic rings. The van der Waals surface area contributed by atoms with Gasteiger partial charge in [0.05, 0.1) is 16.7 Å². The van der Waals surface area contributed by atoms with Crippen LogP contribution in [0.2, 0.25) is 10.0 Å². The van der Waals surface area contributed by atoms with Gasteiger partial charge < -0.3 is 14.3 Å². The minimum Gasteiger partial charge on any atom is -0.486 e. The lowest BCUT2D eigenvalue weighted by Gasteiger charge is -2.20. The molecule has 1 unspecified atom stereocenters. The highest BCUT2D eigenvalue weighted by atomic mass is 35.5. The molecule has 1 aromatic rings. The summed E-state index contributed by atoms with van der Waals surface area (Å²) < 4.78 is 11.0. The van der Waals surface area contributed by atoms with Gasteiger partial charge in [-0.25, -0.2) is 9.59 Å². The Morgan fingerprint density at radius 2 is 1.88 bits per heavy atom. The fourth-order valence-corrected chi connectivity index (χ4v) is 2.15. The first-order valence-corrected chi connectivity index (χ1v) is 8.59. The van der Waals surface area contributed by atoms with E-state index in [1.165, 1.54) is 7.05 Å². The lowest BCUT2D eigenvalue weighted by molar-refractivity contribution is -0.144. The first-order valence-electron chi connectivity index (χ1n) is 7.84. The summed E-state index contributed by atoms with van der Waals surface area (Å²) in [4.78, 5) is 27.1. The van der Waals surface area contributed by atoms with E-state index in [9.17, 15) is 9.59 Å². The first-order chi connectivity index (χ1) is 12.4. The van der Waals surface area contributed by atoms with Gasteiger partial charge in [0.2, 0.25) is 0 Å². The van der Waals surface area contributed by atoms with E-state index in [0.29, 0.717) is 22.2 Å². The number of hydrogen-bond acceptors (Lipinski definition) is 6. The van der Waals surface area contributed by atoms with Crippen LogP contribution in [0.3, 0.4) is 0 Å². The molecule has 26 heavy (non-hydrogen) atoms. The van der Waals surface area contributed by atoms with Crippen LogP contribution in [-0.4, -0.2) is 31.7 Å². The summed E-state index contributed by atoms with van der Waals surface area (Å²) in [6, 6.07) is 4.99. The van der Waals surface area contributed by atoms with Gasteiger partial charge in [0.25, 0.3) is 0 Å². The molecular formula is C18H21Cl2NO5. The van der Waals surface area contributed by atoms with Crippen molar-refractivity contribution in [3.8, 4) is 5.75 Å². The average molecular weight is 402 g/mol. The van der Waals surface area contributed by atoms with Gasteiger partial charge in [0, 0.05) is 31.7 Å². The van der Waals surface area contributed by atoms with Gasteiger partial charge in [-0.2, -0.15) is 5.48 Å². The molecule has 6 nitrogen and oxygen atoms in total. The van der Waals surface area contributed by atoms with Crippen molar-refractivity contribution in [3.63, 3.8) is 0 Å². The van der Waals surface area contributed by atoms with Crippen molar-refractivity contribution in [2.24, 2.45) is 0 Å². The number of carbonyl (C=O) groups excluding carboxylic acids is 2. The maximum atomic E-state index is 11.6. The second-order valence-corrected chi connectivity index (χ2v) is 5.94. The predicted molar refractivity (Wildman–Crippen MR) is 100 cm³/mol. The van der Waals surface area contributed by atoms with Crippen LogP contribution in [0.5, 0.6) is 5.75 Å². The summed E-state index contributed by atoms with van der Waals surface area (Å²) in [6.45, 7) is 3.92. The molecule has 0 spiro atoms. The first kappa shape index (κ1) is 22.0. The van der Waals surface area contributed by atoms with Crippen molar-refractivity contribution in [1.82, 2.24) is 5.48 Å². The van der Waals surface area contributed by atoms with Crippen molar-refractivity contribution in [3.05, 3.63) is 52.0 Å². The van der Waals surface area contributed by atoms with Gasteiger partial charge in [-0.05, 0) is 31.6 Å². The van der Waals surface area contributed by atoms with Crippen molar-refractivity contribution in [2.45, 2.75) is 26.4 Å². The Hall–Kier alpha value is -2.02. The highest BCUT2D eigenvalue weighted by molar-refractivity contribution is 6.42. The van der Waals surface area contributed by atoms with Crippen molar-refractivity contribution in [2.75, 3.05) is 13.7 Å². The highest BCUT2D eigenvalue weighted by Gasteiger charge is 2.14. The number of allylic oxidation sites excluding steroid dienone is 1. The lowest BCUT2D eigenvalue weighted by atomic mass is 10.1. The number of ether oxygens (including phenoxy) is 2. The van der Waals surface area contributed by atoms with E-state index in [1.54, 1.807) is 18.2 Å². The van der Waals surface area contributed by atoms with Crippen LogP contribution in [0.25, 0.3) is 0 Å². The lowest BCUT2D eigenvalue weighted by Crippen LogP contribution is -2.21. The largest absolute Gasteiger partial charge is 0.486 e. The highest BCUT2D eigenvalue weighted by Crippen LogP contribution is 2.28. The summed E-state index contributed by atoms with van der Waals surface area (Å²) in [5.74, 6) is -0.786. The van der Waals surface area contributed by atoms with E-state index in [0.717, 1.165) is 17.7 Å². The SMILES string of the molecule is C/C=C(\C)C(CCOC(=O)/C=C/C(=O)ONC)Oc1ccc(Cl)c(Cl)c1. The molecule has 0 fully saturated rings. The number of rotatable bonds is 9. The maximum absolute atomic E-state index is 11.6. The number of hydroxylamine groups is 1. The van der Waals surface area contributed by atoms with E-state index >= 15 is 0 Å². The standard InChI is InChI=1S/C18H21Cl2NO5/c1-4-12(2)16(25-13-5-6-14(19)15(20)11-13)9-10-24-17(22)7-8-18(23)26-21-3/h4-8,11,16,21H,9-10H2,1-3H3/b8-7+,12-4+. The topological polar surface area (TPSA) is 73.9 Å². The molecule has 0 aliphatic carbocycles. The van der Waals surface area contributed by atoms with E-state index in [2.05, 4.69) is 10.3 Å². The molecule has 0 aliphatic heterocycles. The molecular weight excluding hydrogens is 381 g/mol. The van der Waals surface area contributed by atoms with E-state index < -0.39 is 11.9 Å². The number of hydrogen-bond donors (Lipinski definition) is 1. The third kappa shape index (κ3) is 7.91. The Balaban J connectivity index is 2.59. The average Bonchev–Trinajstić information content (AvgIpc) is 2.61. The minimum absolute atomic E-state index is 0.113. The number of carbonyl (C=O) groups is 2. The second-order valence-electron chi connectivity index (χ2n) is 5.13. The summed E-state index contributed by atoms with van der Waals surface area (Å²) in [6.07, 6.45) is 4.01. The minimum atomic E-state index is -0.699. The molecule has 1 N–H and O–H groups in total. The third-order valence-corrected chi connectivity index (χ3v) is 4.05.